The Bertz CT molecular complexity index is 1150. The van der Waals surface area contributed by atoms with E-state index in [9.17, 15) is 4.79 Å². The number of ether oxygens (including phenoxy) is 1. The molecule has 0 saturated carbocycles. The summed E-state index contributed by atoms with van der Waals surface area (Å²) < 4.78 is 8.20. The number of carbonyl (C=O) groups excluding carboxylic acids is 1. The van der Waals surface area contributed by atoms with E-state index in [2.05, 4.69) is 10.1 Å². The molecule has 4 rings (SSSR count). The van der Waals surface area contributed by atoms with Gasteiger partial charge in [0, 0.05) is 25.0 Å². The SMILES string of the molecule is CCOc1ccc2nc(N(Cc3ccccn3)C(=O)c3nn(C)cc3C)sc2c1. The highest BCUT2D eigenvalue weighted by Gasteiger charge is 2.25. The van der Waals surface area contributed by atoms with Crippen LogP contribution >= 0.6 is 11.3 Å². The maximum atomic E-state index is 13.4. The average Bonchev–Trinajstić information content (AvgIpc) is 3.28. The molecule has 0 atom stereocenters. The van der Waals surface area contributed by atoms with Gasteiger partial charge in [0.05, 0.1) is 29.1 Å². The number of anilines is 1. The number of amides is 1. The third-order valence-corrected chi connectivity index (χ3v) is 5.44. The van der Waals surface area contributed by atoms with Gasteiger partial charge >= 0.3 is 0 Å². The molecular weight excluding hydrogens is 386 g/mol. The fourth-order valence-electron chi connectivity index (χ4n) is 3.09. The Hall–Kier alpha value is -3.26. The number of aromatic nitrogens is 4. The molecule has 3 heterocycles. The summed E-state index contributed by atoms with van der Waals surface area (Å²) in [7, 11) is 1.81. The third kappa shape index (κ3) is 3.97. The van der Waals surface area contributed by atoms with E-state index in [1.54, 1.807) is 22.8 Å². The molecule has 1 aromatic carbocycles. The topological polar surface area (TPSA) is 73.1 Å². The molecule has 7 nitrogen and oxygen atoms in total. The summed E-state index contributed by atoms with van der Waals surface area (Å²) in [5, 5.41) is 4.96. The molecule has 0 unspecified atom stereocenters. The number of rotatable bonds is 6. The second-order valence-corrected chi connectivity index (χ2v) is 7.61. The number of carbonyl (C=O) groups is 1. The Morgan fingerprint density at radius 1 is 1.28 bits per heavy atom. The number of hydrogen-bond donors (Lipinski definition) is 0. The van der Waals surface area contributed by atoms with Gasteiger partial charge in [0.1, 0.15) is 5.75 Å². The van der Waals surface area contributed by atoms with E-state index in [4.69, 9.17) is 9.72 Å². The van der Waals surface area contributed by atoms with Crippen LogP contribution in [0.25, 0.3) is 10.2 Å². The second-order valence-electron chi connectivity index (χ2n) is 6.61. The molecular formula is C21H21N5O2S. The maximum absolute atomic E-state index is 13.4. The quantitative estimate of drug-likeness (QED) is 0.483. The smallest absolute Gasteiger partial charge is 0.281 e. The van der Waals surface area contributed by atoms with Gasteiger partial charge in [-0.2, -0.15) is 5.10 Å². The van der Waals surface area contributed by atoms with Gasteiger partial charge in [0.15, 0.2) is 10.8 Å². The van der Waals surface area contributed by atoms with E-state index in [1.807, 2.05) is 56.4 Å². The predicted octanol–water partition coefficient (Wildman–Crippen LogP) is 3.98. The van der Waals surface area contributed by atoms with Crippen molar-refractivity contribution in [2.24, 2.45) is 7.05 Å². The number of thiazole rings is 1. The Balaban J connectivity index is 1.76. The van der Waals surface area contributed by atoms with Crippen molar-refractivity contribution in [3.63, 3.8) is 0 Å². The highest BCUT2D eigenvalue weighted by Crippen LogP contribution is 2.33. The minimum absolute atomic E-state index is 0.196. The zero-order valence-corrected chi connectivity index (χ0v) is 17.3. The van der Waals surface area contributed by atoms with E-state index >= 15 is 0 Å². The summed E-state index contributed by atoms with van der Waals surface area (Å²) in [6.45, 7) is 4.74. The molecule has 0 aliphatic carbocycles. The van der Waals surface area contributed by atoms with Crippen LogP contribution in [0.4, 0.5) is 5.13 Å². The Morgan fingerprint density at radius 2 is 2.14 bits per heavy atom. The van der Waals surface area contributed by atoms with Crippen LogP contribution in [0.1, 0.15) is 28.7 Å². The molecule has 3 aromatic heterocycles. The van der Waals surface area contributed by atoms with Gasteiger partial charge in [0.2, 0.25) is 0 Å². The van der Waals surface area contributed by atoms with Crippen molar-refractivity contribution in [3.8, 4) is 5.75 Å². The molecule has 0 N–H and O–H groups in total. The van der Waals surface area contributed by atoms with Gasteiger partial charge in [-0.05, 0) is 44.2 Å². The highest BCUT2D eigenvalue weighted by atomic mass is 32.1. The zero-order valence-electron chi connectivity index (χ0n) is 16.5. The molecule has 0 radical (unpaired) electrons. The van der Waals surface area contributed by atoms with Gasteiger partial charge < -0.3 is 4.74 Å². The Labute approximate surface area is 172 Å². The Morgan fingerprint density at radius 3 is 2.83 bits per heavy atom. The molecule has 4 aromatic rings. The number of pyridine rings is 1. The van der Waals surface area contributed by atoms with Gasteiger partial charge in [0.25, 0.3) is 5.91 Å². The van der Waals surface area contributed by atoms with Gasteiger partial charge in [-0.3, -0.25) is 19.4 Å². The van der Waals surface area contributed by atoms with Crippen molar-refractivity contribution in [1.82, 2.24) is 19.7 Å². The van der Waals surface area contributed by atoms with Crippen LogP contribution < -0.4 is 9.64 Å². The van der Waals surface area contributed by atoms with Crippen LogP contribution in [0, 0.1) is 6.92 Å². The monoisotopic (exact) mass is 407 g/mol. The molecule has 0 aliphatic heterocycles. The lowest BCUT2D eigenvalue weighted by atomic mass is 10.2. The lowest BCUT2D eigenvalue weighted by Gasteiger charge is -2.18. The average molecular weight is 407 g/mol. The Kier molecular flexibility index (Phi) is 5.26. The van der Waals surface area contributed by atoms with Crippen molar-refractivity contribution < 1.29 is 9.53 Å². The van der Waals surface area contributed by atoms with Crippen molar-refractivity contribution in [3.05, 3.63) is 65.7 Å². The molecule has 0 aliphatic rings. The third-order valence-electron chi connectivity index (χ3n) is 4.40. The lowest BCUT2D eigenvalue weighted by molar-refractivity contribution is 0.0978. The van der Waals surface area contributed by atoms with E-state index < -0.39 is 0 Å². The summed E-state index contributed by atoms with van der Waals surface area (Å²) in [6, 6.07) is 11.4. The van der Waals surface area contributed by atoms with E-state index in [0.717, 1.165) is 27.2 Å². The first-order valence-corrected chi connectivity index (χ1v) is 10.1. The predicted molar refractivity (Wildman–Crippen MR) is 113 cm³/mol. The number of nitrogens with zero attached hydrogens (tertiary/aromatic N) is 5. The largest absolute Gasteiger partial charge is 0.494 e. The summed E-state index contributed by atoms with van der Waals surface area (Å²) in [6.07, 6.45) is 3.55. The van der Waals surface area contributed by atoms with Crippen LogP contribution in [-0.4, -0.2) is 32.3 Å². The molecule has 0 saturated heterocycles. The van der Waals surface area contributed by atoms with Crippen molar-refractivity contribution in [1.29, 1.82) is 0 Å². The van der Waals surface area contributed by atoms with Crippen LogP contribution in [0.5, 0.6) is 5.75 Å². The minimum atomic E-state index is -0.196. The van der Waals surface area contributed by atoms with Gasteiger partial charge in [-0.25, -0.2) is 4.98 Å². The summed E-state index contributed by atoms with van der Waals surface area (Å²) in [4.78, 5) is 24.1. The zero-order chi connectivity index (χ0) is 20.4. The number of benzene rings is 1. The number of fused-ring (bicyclic) bond motifs is 1. The molecule has 0 fully saturated rings. The van der Waals surface area contributed by atoms with Crippen molar-refractivity contribution >= 4 is 32.6 Å². The fraction of sp³-hybridized carbons (Fsp3) is 0.238. The minimum Gasteiger partial charge on any atom is -0.494 e. The second kappa shape index (κ2) is 8.00. The van der Waals surface area contributed by atoms with Crippen LogP contribution in [0.3, 0.4) is 0 Å². The first-order chi connectivity index (χ1) is 14.0. The first-order valence-electron chi connectivity index (χ1n) is 9.30. The van der Waals surface area contributed by atoms with Crippen LogP contribution in [-0.2, 0) is 13.6 Å². The van der Waals surface area contributed by atoms with Gasteiger partial charge in [-0.1, -0.05) is 17.4 Å². The van der Waals surface area contributed by atoms with Crippen LogP contribution in [0.15, 0.2) is 48.8 Å². The van der Waals surface area contributed by atoms with Gasteiger partial charge in [-0.15, -0.1) is 0 Å². The highest BCUT2D eigenvalue weighted by molar-refractivity contribution is 7.22. The number of hydrogen-bond acceptors (Lipinski definition) is 6. The molecule has 0 bridgehead atoms. The standard InChI is InChI=1S/C21H21N5O2S/c1-4-28-16-8-9-17-18(11-16)29-21(23-17)26(13-15-7-5-6-10-22-15)20(27)19-14(2)12-25(3)24-19/h5-12H,4,13H2,1-3H3. The molecule has 1 amide bonds. The summed E-state index contributed by atoms with van der Waals surface area (Å²) in [5.41, 5.74) is 2.84. The normalized spacial score (nSPS) is 11.0. The first kappa shape index (κ1) is 19.1. The fourth-order valence-corrected chi connectivity index (χ4v) is 4.08. The lowest BCUT2D eigenvalue weighted by Crippen LogP contribution is -2.31. The number of aryl methyl sites for hydroxylation is 2. The molecule has 8 heteroatoms. The molecule has 148 valence electrons. The van der Waals surface area contributed by atoms with E-state index in [0.29, 0.717) is 24.0 Å². The molecule has 0 spiro atoms. The molecule has 29 heavy (non-hydrogen) atoms. The van der Waals surface area contributed by atoms with Crippen molar-refractivity contribution in [2.75, 3.05) is 11.5 Å². The van der Waals surface area contributed by atoms with E-state index in [1.165, 1.54) is 11.3 Å². The summed E-state index contributed by atoms with van der Waals surface area (Å²) in [5.74, 6) is 0.594. The maximum Gasteiger partial charge on any atom is 0.281 e. The summed E-state index contributed by atoms with van der Waals surface area (Å²) >= 11 is 1.45. The van der Waals surface area contributed by atoms with Crippen LogP contribution in [0.2, 0.25) is 0 Å². The van der Waals surface area contributed by atoms with Crippen molar-refractivity contribution in [2.45, 2.75) is 20.4 Å². The van der Waals surface area contributed by atoms with E-state index in [-0.39, 0.29) is 5.91 Å².